The fourth-order valence-corrected chi connectivity index (χ4v) is 1.75. The number of aromatic nitrogens is 1. The fourth-order valence-electron chi connectivity index (χ4n) is 1.26. The standard InChI is InChI=1S/C10H8BrNO4/c1-14-7-4-6-8(3-5(7)11)16-9(12-6)10(13)15-2/h3-4H,1-2H3. The minimum absolute atomic E-state index is 0.0716. The first-order valence-electron chi connectivity index (χ1n) is 4.38. The van der Waals surface area contributed by atoms with Crippen molar-refractivity contribution in [3.05, 3.63) is 22.5 Å². The lowest BCUT2D eigenvalue weighted by Crippen LogP contribution is -2.00. The molecule has 0 aliphatic carbocycles. The molecule has 1 aromatic carbocycles. The number of benzene rings is 1. The number of carbonyl (C=O) groups excluding carboxylic acids is 1. The molecule has 0 atom stereocenters. The summed E-state index contributed by atoms with van der Waals surface area (Å²) in [6.07, 6.45) is 0. The van der Waals surface area contributed by atoms with Crippen LogP contribution in [0.15, 0.2) is 21.0 Å². The molecule has 2 aromatic rings. The van der Waals surface area contributed by atoms with Gasteiger partial charge in [-0.15, -0.1) is 0 Å². The Morgan fingerprint density at radius 1 is 1.44 bits per heavy atom. The molecule has 5 nitrogen and oxygen atoms in total. The third-order valence-corrected chi connectivity index (χ3v) is 2.64. The van der Waals surface area contributed by atoms with E-state index in [0.29, 0.717) is 16.8 Å². The minimum atomic E-state index is -0.605. The Morgan fingerprint density at radius 3 is 2.81 bits per heavy atom. The monoisotopic (exact) mass is 285 g/mol. The summed E-state index contributed by atoms with van der Waals surface area (Å²) < 4.78 is 15.6. The average molecular weight is 286 g/mol. The van der Waals surface area contributed by atoms with Gasteiger partial charge in [0.2, 0.25) is 0 Å². The quantitative estimate of drug-likeness (QED) is 0.793. The molecule has 0 N–H and O–H groups in total. The molecule has 0 aliphatic heterocycles. The molecule has 6 heteroatoms. The van der Waals surface area contributed by atoms with E-state index < -0.39 is 5.97 Å². The van der Waals surface area contributed by atoms with E-state index in [0.717, 1.165) is 4.47 Å². The van der Waals surface area contributed by atoms with Crippen molar-refractivity contribution in [3.8, 4) is 5.75 Å². The van der Waals surface area contributed by atoms with Crippen molar-refractivity contribution < 1.29 is 18.7 Å². The molecule has 16 heavy (non-hydrogen) atoms. The summed E-state index contributed by atoms with van der Waals surface area (Å²) >= 11 is 3.31. The van der Waals surface area contributed by atoms with Gasteiger partial charge in [-0.25, -0.2) is 9.78 Å². The van der Waals surface area contributed by atoms with Crippen LogP contribution in [0.25, 0.3) is 11.1 Å². The van der Waals surface area contributed by atoms with Crippen molar-refractivity contribution in [2.24, 2.45) is 0 Å². The van der Waals surface area contributed by atoms with Crippen molar-refractivity contribution in [1.82, 2.24) is 4.98 Å². The number of hydrogen-bond acceptors (Lipinski definition) is 5. The lowest BCUT2D eigenvalue weighted by molar-refractivity contribution is 0.0558. The molecular formula is C10H8BrNO4. The van der Waals surface area contributed by atoms with E-state index in [9.17, 15) is 4.79 Å². The molecule has 0 unspecified atom stereocenters. The Bertz CT molecular complexity index is 549. The van der Waals surface area contributed by atoms with E-state index in [1.54, 1.807) is 19.2 Å². The van der Waals surface area contributed by atoms with Gasteiger partial charge in [-0.05, 0) is 15.9 Å². The van der Waals surface area contributed by atoms with Gasteiger partial charge in [0.25, 0.3) is 0 Å². The van der Waals surface area contributed by atoms with Crippen LogP contribution in [0, 0.1) is 0 Å². The summed E-state index contributed by atoms with van der Waals surface area (Å²) in [5.74, 6) is -0.0545. The number of nitrogens with zero attached hydrogens (tertiary/aromatic N) is 1. The summed E-state index contributed by atoms with van der Waals surface area (Å²) in [5.41, 5.74) is 1.04. The molecule has 1 aromatic heterocycles. The minimum Gasteiger partial charge on any atom is -0.495 e. The second kappa shape index (κ2) is 4.13. The molecule has 0 saturated carbocycles. The Kier molecular flexibility index (Phi) is 2.82. The summed E-state index contributed by atoms with van der Waals surface area (Å²) in [5, 5.41) is 0. The van der Waals surface area contributed by atoms with Crippen LogP contribution in [0.4, 0.5) is 0 Å². The number of rotatable bonds is 2. The Labute approximate surface area is 99.5 Å². The van der Waals surface area contributed by atoms with Gasteiger partial charge in [-0.1, -0.05) is 0 Å². The number of halogens is 1. The maximum absolute atomic E-state index is 11.2. The zero-order chi connectivity index (χ0) is 11.7. The highest BCUT2D eigenvalue weighted by atomic mass is 79.9. The SMILES string of the molecule is COC(=O)c1nc2cc(OC)c(Br)cc2o1. The highest BCUT2D eigenvalue weighted by molar-refractivity contribution is 9.10. The van der Waals surface area contributed by atoms with E-state index in [2.05, 4.69) is 25.7 Å². The Morgan fingerprint density at radius 2 is 2.19 bits per heavy atom. The molecule has 84 valence electrons. The van der Waals surface area contributed by atoms with Crippen LogP contribution in [0.5, 0.6) is 5.75 Å². The molecule has 0 bridgehead atoms. The van der Waals surface area contributed by atoms with Crippen molar-refractivity contribution in [2.45, 2.75) is 0 Å². The number of esters is 1. The zero-order valence-corrected chi connectivity index (χ0v) is 10.2. The van der Waals surface area contributed by atoms with Crippen molar-refractivity contribution in [3.63, 3.8) is 0 Å². The topological polar surface area (TPSA) is 61.6 Å². The van der Waals surface area contributed by atoms with Gasteiger partial charge in [0, 0.05) is 12.1 Å². The van der Waals surface area contributed by atoms with Gasteiger partial charge in [0.15, 0.2) is 5.58 Å². The predicted octanol–water partition coefficient (Wildman–Crippen LogP) is 2.39. The van der Waals surface area contributed by atoms with E-state index in [1.165, 1.54) is 7.11 Å². The van der Waals surface area contributed by atoms with Crippen LogP contribution >= 0.6 is 15.9 Å². The lowest BCUT2D eigenvalue weighted by Gasteiger charge is -2.00. The number of fused-ring (bicyclic) bond motifs is 1. The van der Waals surface area contributed by atoms with Crippen LogP contribution < -0.4 is 4.74 Å². The molecule has 0 fully saturated rings. The number of hydrogen-bond donors (Lipinski definition) is 0. The smallest absolute Gasteiger partial charge is 0.394 e. The van der Waals surface area contributed by atoms with Gasteiger partial charge >= 0.3 is 11.9 Å². The highest BCUT2D eigenvalue weighted by Crippen LogP contribution is 2.30. The molecule has 2 rings (SSSR count). The number of ether oxygens (including phenoxy) is 2. The average Bonchev–Trinajstić information content (AvgIpc) is 2.69. The van der Waals surface area contributed by atoms with Crippen LogP contribution in [0.1, 0.15) is 10.7 Å². The van der Waals surface area contributed by atoms with Gasteiger partial charge in [0.1, 0.15) is 11.3 Å². The first-order chi connectivity index (χ1) is 7.65. The number of carbonyl (C=O) groups is 1. The van der Waals surface area contributed by atoms with Crippen molar-refractivity contribution >= 4 is 33.0 Å². The number of methoxy groups -OCH3 is 2. The Hall–Kier alpha value is -1.56. The molecule has 0 amide bonds. The first kappa shape index (κ1) is 10.9. The summed E-state index contributed by atoms with van der Waals surface area (Å²) in [6, 6.07) is 3.36. The van der Waals surface area contributed by atoms with E-state index in [1.807, 2.05) is 0 Å². The molecular weight excluding hydrogens is 278 g/mol. The van der Waals surface area contributed by atoms with Gasteiger partial charge in [-0.2, -0.15) is 0 Å². The second-order valence-electron chi connectivity index (χ2n) is 2.97. The summed E-state index contributed by atoms with van der Waals surface area (Å²) in [6.45, 7) is 0. The highest BCUT2D eigenvalue weighted by Gasteiger charge is 2.16. The second-order valence-corrected chi connectivity index (χ2v) is 3.82. The fraction of sp³-hybridized carbons (Fsp3) is 0.200. The van der Waals surface area contributed by atoms with Crippen molar-refractivity contribution in [2.75, 3.05) is 14.2 Å². The predicted molar refractivity (Wildman–Crippen MR) is 59.6 cm³/mol. The maximum atomic E-state index is 11.2. The van der Waals surface area contributed by atoms with Crippen LogP contribution in [-0.2, 0) is 4.74 Å². The van der Waals surface area contributed by atoms with Crippen LogP contribution in [0.2, 0.25) is 0 Å². The molecule has 0 aliphatic rings. The normalized spacial score (nSPS) is 10.4. The maximum Gasteiger partial charge on any atom is 0.394 e. The van der Waals surface area contributed by atoms with E-state index >= 15 is 0 Å². The van der Waals surface area contributed by atoms with Gasteiger partial charge in [-0.3, -0.25) is 0 Å². The molecule has 0 saturated heterocycles. The van der Waals surface area contributed by atoms with Crippen molar-refractivity contribution in [1.29, 1.82) is 0 Å². The lowest BCUT2D eigenvalue weighted by atomic mass is 10.3. The van der Waals surface area contributed by atoms with Crippen LogP contribution in [0.3, 0.4) is 0 Å². The van der Waals surface area contributed by atoms with Gasteiger partial charge < -0.3 is 13.9 Å². The Balaban J connectivity index is 2.58. The zero-order valence-electron chi connectivity index (χ0n) is 8.61. The molecule has 0 radical (unpaired) electrons. The third-order valence-electron chi connectivity index (χ3n) is 2.02. The van der Waals surface area contributed by atoms with E-state index in [4.69, 9.17) is 9.15 Å². The number of oxazole rings is 1. The molecule has 1 heterocycles. The van der Waals surface area contributed by atoms with E-state index in [-0.39, 0.29) is 5.89 Å². The molecule has 0 spiro atoms. The summed E-state index contributed by atoms with van der Waals surface area (Å²) in [7, 11) is 2.82. The largest absolute Gasteiger partial charge is 0.495 e. The third kappa shape index (κ3) is 1.76. The first-order valence-corrected chi connectivity index (χ1v) is 5.17. The summed E-state index contributed by atoms with van der Waals surface area (Å²) in [4.78, 5) is 15.2. The van der Waals surface area contributed by atoms with Crippen LogP contribution in [-0.4, -0.2) is 25.2 Å². The van der Waals surface area contributed by atoms with Gasteiger partial charge in [0.05, 0.1) is 18.7 Å².